The predicted octanol–water partition coefficient (Wildman–Crippen LogP) is 2.10. The third-order valence-electron chi connectivity index (χ3n) is 4.10. The maximum atomic E-state index is 12.3. The van der Waals surface area contributed by atoms with Crippen molar-refractivity contribution < 1.29 is 9.53 Å². The van der Waals surface area contributed by atoms with Crippen molar-refractivity contribution in [2.75, 3.05) is 19.7 Å². The van der Waals surface area contributed by atoms with E-state index >= 15 is 0 Å². The van der Waals surface area contributed by atoms with E-state index in [2.05, 4.69) is 4.90 Å². The zero-order valence-electron chi connectivity index (χ0n) is 11.7. The highest BCUT2D eigenvalue weighted by Gasteiger charge is 2.29. The van der Waals surface area contributed by atoms with E-state index in [-0.39, 0.29) is 24.4 Å². The topological polar surface area (TPSA) is 55.6 Å². The van der Waals surface area contributed by atoms with Gasteiger partial charge in [-0.1, -0.05) is 12.8 Å². The first-order chi connectivity index (χ1) is 8.81. The van der Waals surface area contributed by atoms with E-state index in [9.17, 15) is 4.79 Å². The maximum Gasteiger partial charge on any atom is 0.222 e. The molecule has 5 heteroatoms. The fraction of sp³-hybridized carbons (Fsp3) is 0.929. The molecule has 2 rings (SSSR count). The number of hydrogen-bond acceptors (Lipinski definition) is 3. The first-order valence-electron chi connectivity index (χ1n) is 7.42. The van der Waals surface area contributed by atoms with Crippen molar-refractivity contribution in [1.29, 1.82) is 0 Å². The van der Waals surface area contributed by atoms with Gasteiger partial charge in [-0.05, 0) is 38.6 Å². The molecule has 1 aliphatic heterocycles. The second-order valence-electron chi connectivity index (χ2n) is 5.51. The molecule has 1 atom stereocenters. The van der Waals surface area contributed by atoms with Crippen molar-refractivity contribution in [2.24, 2.45) is 5.73 Å². The lowest BCUT2D eigenvalue weighted by Gasteiger charge is -2.31. The van der Waals surface area contributed by atoms with Crippen molar-refractivity contribution in [2.45, 2.75) is 63.5 Å². The van der Waals surface area contributed by atoms with Gasteiger partial charge < -0.3 is 15.4 Å². The lowest BCUT2D eigenvalue weighted by molar-refractivity contribution is -0.135. The number of hydrogen-bond donors (Lipinski definition) is 1. The van der Waals surface area contributed by atoms with E-state index in [1.807, 2.05) is 0 Å². The summed E-state index contributed by atoms with van der Waals surface area (Å²) in [4.78, 5) is 14.4. The van der Waals surface area contributed by atoms with E-state index in [1.54, 1.807) is 0 Å². The molecule has 0 radical (unpaired) electrons. The number of halogens is 1. The fourth-order valence-corrected chi connectivity index (χ4v) is 3.08. The summed E-state index contributed by atoms with van der Waals surface area (Å²) in [5.74, 6) is 0.280. The summed E-state index contributed by atoms with van der Waals surface area (Å²) in [6.45, 7) is 2.26. The van der Waals surface area contributed by atoms with Crippen molar-refractivity contribution in [1.82, 2.24) is 4.90 Å². The fourth-order valence-electron chi connectivity index (χ4n) is 3.08. The summed E-state index contributed by atoms with van der Waals surface area (Å²) >= 11 is 0. The molecule has 0 aromatic rings. The molecule has 112 valence electrons. The van der Waals surface area contributed by atoms with Gasteiger partial charge in [-0.3, -0.25) is 4.79 Å². The van der Waals surface area contributed by atoms with Crippen LogP contribution in [0.25, 0.3) is 0 Å². The molecular formula is C14H27ClN2O2. The molecular weight excluding hydrogens is 264 g/mol. The van der Waals surface area contributed by atoms with E-state index in [4.69, 9.17) is 10.5 Å². The van der Waals surface area contributed by atoms with Crippen LogP contribution in [0.1, 0.15) is 51.4 Å². The molecule has 2 N–H and O–H groups in total. The van der Waals surface area contributed by atoms with Crippen LogP contribution in [0.15, 0.2) is 0 Å². The summed E-state index contributed by atoms with van der Waals surface area (Å²) in [6, 6.07) is 0.458. The van der Waals surface area contributed by atoms with Gasteiger partial charge in [0.2, 0.25) is 5.91 Å². The third-order valence-corrected chi connectivity index (χ3v) is 4.10. The van der Waals surface area contributed by atoms with Gasteiger partial charge in [-0.15, -0.1) is 12.4 Å². The smallest absolute Gasteiger partial charge is 0.222 e. The molecule has 0 spiro atoms. The summed E-state index contributed by atoms with van der Waals surface area (Å²) < 4.78 is 5.68. The number of ether oxygens (including phenoxy) is 1. The zero-order chi connectivity index (χ0) is 12.8. The highest BCUT2D eigenvalue weighted by atomic mass is 35.5. The molecule has 0 aromatic heterocycles. The molecule has 2 aliphatic rings. The Hall–Kier alpha value is -0.320. The molecule has 0 bridgehead atoms. The Labute approximate surface area is 122 Å². The van der Waals surface area contributed by atoms with Gasteiger partial charge in [-0.2, -0.15) is 0 Å². The first kappa shape index (κ1) is 16.7. The Morgan fingerprint density at radius 3 is 2.53 bits per heavy atom. The number of amides is 1. The molecule has 19 heavy (non-hydrogen) atoms. The van der Waals surface area contributed by atoms with E-state index in [1.165, 1.54) is 25.7 Å². The molecule has 1 heterocycles. The second kappa shape index (κ2) is 8.77. The van der Waals surface area contributed by atoms with Crippen molar-refractivity contribution in [3.8, 4) is 0 Å². The van der Waals surface area contributed by atoms with Crippen LogP contribution in [0, 0.1) is 0 Å². The molecule has 4 nitrogen and oxygen atoms in total. The van der Waals surface area contributed by atoms with E-state index < -0.39 is 0 Å². The molecule has 1 unspecified atom stereocenters. The molecule has 1 aliphatic carbocycles. The number of carbonyl (C=O) groups is 1. The summed E-state index contributed by atoms with van der Waals surface area (Å²) in [6.07, 6.45) is 8.77. The standard InChI is InChI=1S/C14H26N2O2.ClH/c15-9-3-8-14(17)16(12-5-1-2-6-12)11-13-7-4-10-18-13;/h12-13H,1-11,15H2;1H. The van der Waals surface area contributed by atoms with Gasteiger partial charge in [0.1, 0.15) is 0 Å². The van der Waals surface area contributed by atoms with Gasteiger partial charge in [0.15, 0.2) is 0 Å². The average molecular weight is 291 g/mol. The van der Waals surface area contributed by atoms with E-state index in [0.29, 0.717) is 19.0 Å². The van der Waals surface area contributed by atoms with Crippen LogP contribution in [0.4, 0.5) is 0 Å². The second-order valence-corrected chi connectivity index (χ2v) is 5.51. The minimum absolute atomic E-state index is 0. The molecule has 1 amide bonds. The predicted molar refractivity (Wildman–Crippen MR) is 78.5 cm³/mol. The van der Waals surface area contributed by atoms with Crippen molar-refractivity contribution in [3.05, 3.63) is 0 Å². The van der Waals surface area contributed by atoms with Crippen LogP contribution in [-0.4, -0.2) is 42.6 Å². The van der Waals surface area contributed by atoms with Crippen molar-refractivity contribution >= 4 is 18.3 Å². The Kier molecular flexibility index (Phi) is 7.73. The number of nitrogens with zero attached hydrogens (tertiary/aromatic N) is 1. The summed E-state index contributed by atoms with van der Waals surface area (Å²) in [5, 5.41) is 0. The Bertz CT molecular complexity index is 264. The average Bonchev–Trinajstić information content (AvgIpc) is 3.05. The molecule has 0 aromatic carbocycles. The number of carbonyl (C=O) groups excluding carboxylic acids is 1. The lowest BCUT2D eigenvalue weighted by atomic mass is 10.1. The lowest BCUT2D eigenvalue weighted by Crippen LogP contribution is -2.43. The third kappa shape index (κ3) is 4.93. The minimum Gasteiger partial charge on any atom is -0.376 e. The Morgan fingerprint density at radius 2 is 1.95 bits per heavy atom. The van der Waals surface area contributed by atoms with Gasteiger partial charge in [0.05, 0.1) is 6.10 Å². The van der Waals surface area contributed by atoms with Crippen LogP contribution in [0.2, 0.25) is 0 Å². The zero-order valence-corrected chi connectivity index (χ0v) is 12.5. The van der Waals surface area contributed by atoms with Crippen LogP contribution >= 0.6 is 12.4 Å². The van der Waals surface area contributed by atoms with Gasteiger partial charge in [0, 0.05) is 25.6 Å². The van der Waals surface area contributed by atoms with Crippen LogP contribution < -0.4 is 5.73 Å². The first-order valence-corrected chi connectivity index (χ1v) is 7.42. The Balaban J connectivity index is 0.00000180. The molecule has 1 saturated heterocycles. The SMILES string of the molecule is Cl.NCCCC(=O)N(CC1CCCO1)C1CCCC1. The van der Waals surface area contributed by atoms with Crippen LogP contribution in [0.3, 0.4) is 0 Å². The molecule has 2 fully saturated rings. The van der Waals surface area contributed by atoms with Gasteiger partial charge in [-0.25, -0.2) is 0 Å². The Morgan fingerprint density at radius 1 is 1.21 bits per heavy atom. The highest BCUT2D eigenvalue weighted by molar-refractivity contribution is 5.85. The van der Waals surface area contributed by atoms with E-state index in [0.717, 1.165) is 32.4 Å². The highest BCUT2D eigenvalue weighted by Crippen LogP contribution is 2.26. The summed E-state index contributed by atoms with van der Waals surface area (Å²) in [5.41, 5.74) is 5.50. The molecule has 1 saturated carbocycles. The normalized spacial score (nSPS) is 23.3. The largest absolute Gasteiger partial charge is 0.376 e. The summed E-state index contributed by atoms with van der Waals surface area (Å²) in [7, 11) is 0. The quantitative estimate of drug-likeness (QED) is 0.815. The van der Waals surface area contributed by atoms with Crippen LogP contribution in [0.5, 0.6) is 0 Å². The number of rotatable bonds is 6. The van der Waals surface area contributed by atoms with Crippen molar-refractivity contribution in [3.63, 3.8) is 0 Å². The van der Waals surface area contributed by atoms with Gasteiger partial charge in [0.25, 0.3) is 0 Å². The minimum atomic E-state index is 0. The van der Waals surface area contributed by atoms with Gasteiger partial charge >= 0.3 is 0 Å². The number of nitrogens with two attached hydrogens (primary N) is 1. The maximum absolute atomic E-state index is 12.3. The van der Waals surface area contributed by atoms with Crippen LogP contribution in [-0.2, 0) is 9.53 Å². The monoisotopic (exact) mass is 290 g/mol.